The second-order valence-electron chi connectivity index (χ2n) is 6.27. The molecule has 0 aliphatic carbocycles. The van der Waals surface area contributed by atoms with E-state index in [9.17, 15) is 9.59 Å². The summed E-state index contributed by atoms with van der Waals surface area (Å²) in [7, 11) is 0. The van der Waals surface area contributed by atoms with Gasteiger partial charge in [-0.3, -0.25) is 9.48 Å². The quantitative estimate of drug-likeness (QED) is 0.676. The van der Waals surface area contributed by atoms with Crippen molar-refractivity contribution in [1.29, 1.82) is 0 Å². The number of amides is 1. The Morgan fingerprint density at radius 3 is 2.59 bits per heavy atom. The van der Waals surface area contributed by atoms with Crippen molar-refractivity contribution < 1.29 is 18.7 Å². The molecule has 0 bridgehead atoms. The molecule has 0 aliphatic rings. The molecule has 2 aromatic heterocycles. The summed E-state index contributed by atoms with van der Waals surface area (Å²) in [4.78, 5) is 24.6. The highest BCUT2D eigenvalue weighted by Gasteiger charge is 2.22. The third-order valence-corrected chi connectivity index (χ3v) is 4.12. The molecule has 0 radical (unpaired) electrons. The van der Waals surface area contributed by atoms with Gasteiger partial charge in [-0.2, -0.15) is 5.10 Å². The summed E-state index contributed by atoms with van der Waals surface area (Å²) < 4.78 is 12.4. The van der Waals surface area contributed by atoms with Gasteiger partial charge in [0, 0.05) is 18.1 Å². The van der Waals surface area contributed by atoms with Gasteiger partial charge in [0.15, 0.2) is 6.10 Å². The van der Waals surface area contributed by atoms with Crippen LogP contribution in [0.5, 0.6) is 0 Å². The monoisotopic (exact) mass is 367 g/mol. The molecule has 27 heavy (non-hydrogen) atoms. The molecule has 0 saturated carbocycles. The molecule has 140 valence electrons. The highest BCUT2D eigenvalue weighted by molar-refractivity contribution is 5.97. The minimum atomic E-state index is -0.962. The predicted octanol–water partition coefficient (Wildman–Crippen LogP) is 3.33. The summed E-state index contributed by atoms with van der Waals surface area (Å²) in [6.07, 6.45) is 2.49. The van der Waals surface area contributed by atoms with E-state index in [0.29, 0.717) is 12.3 Å². The van der Waals surface area contributed by atoms with Crippen molar-refractivity contribution >= 4 is 17.6 Å². The van der Waals surface area contributed by atoms with Crippen molar-refractivity contribution in [3.8, 4) is 0 Å². The molecule has 7 nitrogen and oxygen atoms in total. The van der Waals surface area contributed by atoms with E-state index in [2.05, 4.69) is 10.4 Å². The number of aryl methyl sites for hydroxylation is 2. The number of esters is 1. The number of aromatic nitrogens is 2. The zero-order valence-electron chi connectivity index (χ0n) is 15.4. The minimum absolute atomic E-state index is 0.0453. The summed E-state index contributed by atoms with van der Waals surface area (Å²) in [5, 5.41) is 6.89. The van der Waals surface area contributed by atoms with Crippen LogP contribution in [0.25, 0.3) is 0 Å². The van der Waals surface area contributed by atoms with Crippen LogP contribution >= 0.6 is 0 Å². The molecule has 0 spiro atoms. The first kappa shape index (κ1) is 18.4. The first-order valence-corrected chi connectivity index (χ1v) is 8.58. The van der Waals surface area contributed by atoms with E-state index in [-0.39, 0.29) is 5.76 Å². The number of furan rings is 1. The van der Waals surface area contributed by atoms with Crippen LogP contribution in [0.15, 0.2) is 53.2 Å². The van der Waals surface area contributed by atoms with E-state index in [0.717, 1.165) is 16.8 Å². The van der Waals surface area contributed by atoms with Crippen LogP contribution in [0.4, 0.5) is 5.69 Å². The lowest BCUT2D eigenvalue weighted by Gasteiger charge is -2.15. The van der Waals surface area contributed by atoms with Gasteiger partial charge in [-0.25, -0.2) is 4.79 Å². The van der Waals surface area contributed by atoms with Gasteiger partial charge < -0.3 is 14.5 Å². The Morgan fingerprint density at radius 1 is 1.19 bits per heavy atom. The van der Waals surface area contributed by atoms with Crippen molar-refractivity contribution in [1.82, 2.24) is 9.78 Å². The highest BCUT2D eigenvalue weighted by Crippen LogP contribution is 2.20. The molecule has 1 atom stereocenters. The standard InChI is InChI=1S/C20H21N3O4/c1-13-6-4-7-14(2)18(13)22-19(24)15(3)26-20(25)17-9-8-16(27-17)12-23-11-5-10-21-23/h4-11,15H,12H2,1-3H3,(H,22,24). The molecule has 0 fully saturated rings. The Morgan fingerprint density at radius 2 is 1.93 bits per heavy atom. The van der Waals surface area contributed by atoms with Crippen molar-refractivity contribution in [3.05, 3.63) is 71.4 Å². The SMILES string of the molecule is Cc1cccc(C)c1NC(=O)C(C)OC(=O)c1ccc(Cn2cccn2)o1. The van der Waals surface area contributed by atoms with Gasteiger partial charge >= 0.3 is 5.97 Å². The van der Waals surface area contributed by atoms with Gasteiger partial charge in [0.25, 0.3) is 5.91 Å². The Bertz CT molecular complexity index is 924. The van der Waals surface area contributed by atoms with Crippen LogP contribution in [0.2, 0.25) is 0 Å². The average molecular weight is 367 g/mol. The summed E-state index contributed by atoms with van der Waals surface area (Å²) in [6, 6.07) is 10.7. The lowest BCUT2D eigenvalue weighted by atomic mass is 10.1. The number of hydrogen-bond donors (Lipinski definition) is 1. The van der Waals surface area contributed by atoms with Crippen LogP contribution in [0.1, 0.15) is 34.4 Å². The normalized spacial score (nSPS) is 11.8. The molecule has 1 amide bonds. The third kappa shape index (κ3) is 4.44. The van der Waals surface area contributed by atoms with Gasteiger partial charge in [0.05, 0.1) is 6.54 Å². The molecule has 1 unspecified atom stereocenters. The fourth-order valence-corrected chi connectivity index (χ4v) is 2.63. The Labute approximate surface area is 156 Å². The van der Waals surface area contributed by atoms with E-state index in [1.54, 1.807) is 29.2 Å². The molecule has 0 saturated heterocycles. The van der Waals surface area contributed by atoms with Gasteiger partial charge in [-0.05, 0) is 50.1 Å². The number of para-hydroxylation sites is 1. The van der Waals surface area contributed by atoms with Gasteiger partial charge in [0.2, 0.25) is 5.76 Å². The summed E-state index contributed by atoms with van der Waals surface area (Å²) in [5.41, 5.74) is 2.61. The van der Waals surface area contributed by atoms with E-state index >= 15 is 0 Å². The molecule has 7 heteroatoms. The van der Waals surface area contributed by atoms with Crippen LogP contribution < -0.4 is 5.32 Å². The number of nitrogens with one attached hydrogen (secondary N) is 1. The van der Waals surface area contributed by atoms with E-state index in [1.165, 1.54) is 13.0 Å². The fourth-order valence-electron chi connectivity index (χ4n) is 2.63. The number of benzene rings is 1. The number of rotatable bonds is 6. The Balaban J connectivity index is 1.60. The van der Waals surface area contributed by atoms with Crippen LogP contribution in [-0.4, -0.2) is 27.8 Å². The van der Waals surface area contributed by atoms with E-state index < -0.39 is 18.0 Å². The zero-order valence-corrected chi connectivity index (χ0v) is 15.4. The molecule has 1 aromatic carbocycles. The summed E-state index contributed by atoms with van der Waals surface area (Å²) >= 11 is 0. The molecule has 3 rings (SSSR count). The predicted molar refractivity (Wildman–Crippen MR) is 99.5 cm³/mol. The maximum atomic E-state index is 12.4. The molecule has 1 N–H and O–H groups in total. The van der Waals surface area contributed by atoms with Gasteiger partial charge in [0.1, 0.15) is 5.76 Å². The average Bonchev–Trinajstić information content (AvgIpc) is 3.30. The summed E-state index contributed by atoms with van der Waals surface area (Å²) in [5.74, 6) is -0.475. The van der Waals surface area contributed by atoms with Crippen LogP contribution in [-0.2, 0) is 16.1 Å². The first-order chi connectivity index (χ1) is 12.9. The number of carbonyl (C=O) groups excluding carboxylic acids is 2. The first-order valence-electron chi connectivity index (χ1n) is 8.58. The summed E-state index contributed by atoms with van der Waals surface area (Å²) in [6.45, 7) is 5.74. The second-order valence-corrected chi connectivity index (χ2v) is 6.27. The number of hydrogen-bond acceptors (Lipinski definition) is 5. The smallest absolute Gasteiger partial charge is 0.375 e. The maximum Gasteiger partial charge on any atom is 0.375 e. The second kappa shape index (κ2) is 7.90. The lowest BCUT2D eigenvalue weighted by molar-refractivity contribution is -0.123. The zero-order chi connectivity index (χ0) is 19.4. The third-order valence-electron chi connectivity index (χ3n) is 4.12. The van der Waals surface area contributed by atoms with Crippen molar-refractivity contribution in [2.24, 2.45) is 0 Å². The minimum Gasteiger partial charge on any atom is -0.452 e. The number of nitrogens with zero attached hydrogens (tertiary/aromatic N) is 2. The topological polar surface area (TPSA) is 86.4 Å². The maximum absolute atomic E-state index is 12.4. The largest absolute Gasteiger partial charge is 0.452 e. The number of anilines is 1. The Kier molecular flexibility index (Phi) is 5.40. The lowest BCUT2D eigenvalue weighted by Crippen LogP contribution is -2.30. The molecule has 2 heterocycles. The van der Waals surface area contributed by atoms with Crippen molar-refractivity contribution in [2.75, 3.05) is 5.32 Å². The highest BCUT2D eigenvalue weighted by atomic mass is 16.6. The number of carbonyl (C=O) groups is 2. The van der Waals surface area contributed by atoms with Crippen molar-refractivity contribution in [2.45, 2.75) is 33.4 Å². The molecular weight excluding hydrogens is 346 g/mol. The molecular formula is C20H21N3O4. The van der Waals surface area contributed by atoms with E-state index in [1.807, 2.05) is 32.0 Å². The molecule has 3 aromatic rings. The fraction of sp³-hybridized carbons (Fsp3) is 0.250. The van der Waals surface area contributed by atoms with Gasteiger partial charge in [-0.15, -0.1) is 0 Å². The van der Waals surface area contributed by atoms with E-state index in [4.69, 9.17) is 9.15 Å². The number of ether oxygens (including phenoxy) is 1. The van der Waals surface area contributed by atoms with Crippen LogP contribution in [0, 0.1) is 13.8 Å². The molecule has 0 aliphatic heterocycles. The Hall–Kier alpha value is -3.35. The van der Waals surface area contributed by atoms with Gasteiger partial charge in [-0.1, -0.05) is 18.2 Å². The van der Waals surface area contributed by atoms with Crippen molar-refractivity contribution in [3.63, 3.8) is 0 Å². The van der Waals surface area contributed by atoms with Crippen LogP contribution in [0.3, 0.4) is 0 Å².